The van der Waals surface area contributed by atoms with E-state index in [-0.39, 0.29) is 23.9 Å². The third-order valence-corrected chi connectivity index (χ3v) is 5.19. The largest absolute Gasteiger partial charge is 0.493 e. The Morgan fingerprint density at radius 2 is 1.90 bits per heavy atom. The quantitative estimate of drug-likeness (QED) is 0.723. The summed E-state index contributed by atoms with van der Waals surface area (Å²) in [7, 11) is 3.14. The van der Waals surface area contributed by atoms with Crippen LogP contribution in [0.2, 0.25) is 0 Å². The SMILES string of the molecule is COc1ccc(CC(=O)N[C@@H](C)Cn2nc3c(cc2=O)CCCCC3)cc1OC. The molecule has 0 spiro atoms. The average molecular weight is 399 g/mol. The van der Waals surface area contributed by atoms with E-state index in [0.29, 0.717) is 18.0 Å². The predicted octanol–water partition coefficient (Wildman–Crippen LogP) is 2.28. The van der Waals surface area contributed by atoms with Crippen molar-refractivity contribution in [1.29, 1.82) is 0 Å². The molecule has 0 aliphatic heterocycles. The van der Waals surface area contributed by atoms with Crippen LogP contribution in [0.1, 0.15) is 43.0 Å². The van der Waals surface area contributed by atoms with Gasteiger partial charge in [0.2, 0.25) is 5.91 Å². The van der Waals surface area contributed by atoms with Crippen LogP contribution in [0.3, 0.4) is 0 Å². The minimum absolute atomic E-state index is 0.105. The van der Waals surface area contributed by atoms with Crippen molar-refractivity contribution in [1.82, 2.24) is 15.1 Å². The topological polar surface area (TPSA) is 82.5 Å². The Labute approximate surface area is 171 Å². The van der Waals surface area contributed by atoms with Gasteiger partial charge in [0.15, 0.2) is 11.5 Å². The molecule has 1 heterocycles. The van der Waals surface area contributed by atoms with Crippen LogP contribution in [-0.4, -0.2) is 35.9 Å². The van der Waals surface area contributed by atoms with Crippen molar-refractivity contribution in [3.05, 3.63) is 51.4 Å². The number of amides is 1. The summed E-state index contributed by atoms with van der Waals surface area (Å²) in [5.74, 6) is 1.10. The van der Waals surface area contributed by atoms with Crippen molar-refractivity contribution >= 4 is 5.91 Å². The molecule has 1 aliphatic rings. The lowest BCUT2D eigenvalue weighted by Crippen LogP contribution is -2.40. The van der Waals surface area contributed by atoms with Gasteiger partial charge >= 0.3 is 0 Å². The summed E-state index contributed by atoms with van der Waals surface area (Å²) < 4.78 is 12.0. The number of nitrogens with one attached hydrogen (secondary N) is 1. The molecule has 1 aliphatic carbocycles. The molecule has 1 aromatic heterocycles. The van der Waals surface area contributed by atoms with Crippen LogP contribution in [0, 0.1) is 0 Å². The Balaban J connectivity index is 1.62. The van der Waals surface area contributed by atoms with Crippen LogP contribution in [0.25, 0.3) is 0 Å². The van der Waals surface area contributed by atoms with Gasteiger partial charge in [-0.25, -0.2) is 4.68 Å². The summed E-state index contributed by atoms with van der Waals surface area (Å²) in [4.78, 5) is 24.8. The van der Waals surface area contributed by atoms with E-state index in [1.165, 1.54) is 11.1 Å². The Morgan fingerprint density at radius 1 is 1.14 bits per heavy atom. The first kappa shape index (κ1) is 20.9. The van der Waals surface area contributed by atoms with Gasteiger partial charge in [-0.1, -0.05) is 12.5 Å². The van der Waals surface area contributed by atoms with Crippen LogP contribution < -0.4 is 20.3 Å². The first-order valence-electron chi connectivity index (χ1n) is 10.1. The second-order valence-corrected chi connectivity index (χ2v) is 7.53. The van der Waals surface area contributed by atoms with E-state index in [9.17, 15) is 9.59 Å². The highest BCUT2D eigenvalue weighted by Gasteiger charge is 2.15. The number of aryl methyl sites for hydroxylation is 2. The number of hydrogen-bond donors (Lipinski definition) is 1. The number of rotatable bonds is 7. The lowest BCUT2D eigenvalue weighted by atomic mass is 10.1. The van der Waals surface area contributed by atoms with Crippen molar-refractivity contribution in [3.63, 3.8) is 0 Å². The Hall–Kier alpha value is -2.83. The Morgan fingerprint density at radius 3 is 2.66 bits per heavy atom. The molecular weight excluding hydrogens is 370 g/mol. The van der Waals surface area contributed by atoms with Gasteiger partial charge in [-0.3, -0.25) is 9.59 Å². The molecule has 7 heteroatoms. The minimum atomic E-state index is -0.211. The summed E-state index contributed by atoms with van der Waals surface area (Å²) in [5, 5.41) is 7.52. The molecule has 3 rings (SSSR count). The molecule has 1 atom stereocenters. The summed E-state index contributed by atoms with van der Waals surface area (Å²) >= 11 is 0. The van der Waals surface area contributed by atoms with Crippen molar-refractivity contribution in [2.45, 2.75) is 58.0 Å². The van der Waals surface area contributed by atoms with E-state index < -0.39 is 0 Å². The van der Waals surface area contributed by atoms with Gasteiger partial charge in [0, 0.05) is 12.1 Å². The normalized spacial score (nSPS) is 14.4. The van der Waals surface area contributed by atoms with Gasteiger partial charge in [-0.15, -0.1) is 0 Å². The smallest absolute Gasteiger partial charge is 0.267 e. The maximum Gasteiger partial charge on any atom is 0.267 e. The lowest BCUT2D eigenvalue weighted by molar-refractivity contribution is -0.121. The first-order valence-corrected chi connectivity index (χ1v) is 10.1. The number of carbonyl (C=O) groups is 1. The van der Waals surface area contributed by atoms with E-state index in [4.69, 9.17) is 9.47 Å². The highest BCUT2D eigenvalue weighted by atomic mass is 16.5. The fourth-order valence-corrected chi connectivity index (χ4v) is 3.72. The molecule has 156 valence electrons. The second-order valence-electron chi connectivity index (χ2n) is 7.53. The third-order valence-electron chi connectivity index (χ3n) is 5.19. The molecule has 0 radical (unpaired) electrons. The van der Waals surface area contributed by atoms with Gasteiger partial charge in [0.25, 0.3) is 5.56 Å². The maximum atomic E-state index is 12.4. The Kier molecular flexibility index (Phi) is 6.90. The third kappa shape index (κ3) is 5.37. The number of carbonyl (C=O) groups excluding carboxylic acids is 1. The molecule has 2 aromatic rings. The van der Waals surface area contributed by atoms with Crippen LogP contribution in [0.5, 0.6) is 11.5 Å². The van der Waals surface area contributed by atoms with Crippen molar-refractivity contribution < 1.29 is 14.3 Å². The van der Waals surface area contributed by atoms with E-state index in [1.54, 1.807) is 32.4 Å². The fourth-order valence-electron chi connectivity index (χ4n) is 3.72. The molecule has 0 saturated heterocycles. The van der Waals surface area contributed by atoms with E-state index in [1.807, 2.05) is 13.0 Å². The molecule has 0 bridgehead atoms. The molecule has 0 saturated carbocycles. The maximum absolute atomic E-state index is 12.4. The molecular formula is C22H29N3O4. The number of nitrogens with zero attached hydrogens (tertiary/aromatic N) is 2. The van der Waals surface area contributed by atoms with Crippen LogP contribution in [0.4, 0.5) is 0 Å². The minimum Gasteiger partial charge on any atom is -0.493 e. The first-order chi connectivity index (χ1) is 14.0. The van der Waals surface area contributed by atoms with Gasteiger partial charge in [-0.05, 0) is 55.9 Å². The zero-order valence-corrected chi connectivity index (χ0v) is 17.4. The number of methoxy groups -OCH3 is 2. The number of aromatic nitrogens is 2. The molecule has 1 N–H and O–H groups in total. The fraction of sp³-hybridized carbons (Fsp3) is 0.500. The zero-order chi connectivity index (χ0) is 20.8. The van der Waals surface area contributed by atoms with Crippen molar-refractivity contribution in [3.8, 4) is 11.5 Å². The van der Waals surface area contributed by atoms with Gasteiger partial charge < -0.3 is 14.8 Å². The summed E-state index contributed by atoms with van der Waals surface area (Å²) in [5.41, 5.74) is 2.82. The highest BCUT2D eigenvalue weighted by Crippen LogP contribution is 2.27. The van der Waals surface area contributed by atoms with Gasteiger partial charge in [0.1, 0.15) is 0 Å². The molecule has 0 fully saturated rings. The monoisotopic (exact) mass is 399 g/mol. The molecule has 1 amide bonds. The van der Waals surface area contributed by atoms with Crippen molar-refractivity contribution in [2.75, 3.05) is 14.2 Å². The highest BCUT2D eigenvalue weighted by molar-refractivity contribution is 5.79. The zero-order valence-electron chi connectivity index (χ0n) is 17.4. The number of ether oxygens (including phenoxy) is 2. The Bertz CT molecular complexity index is 923. The van der Waals surface area contributed by atoms with E-state index >= 15 is 0 Å². The second kappa shape index (κ2) is 9.58. The van der Waals surface area contributed by atoms with E-state index in [2.05, 4.69) is 10.4 Å². The van der Waals surface area contributed by atoms with Gasteiger partial charge in [-0.2, -0.15) is 5.10 Å². The number of fused-ring (bicyclic) bond motifs is 1. The number of hydrogen-bond acceptors (Lipinski definition) is 5. The summed E-state index contributed by atoms with van der Waals surface area (Å²) in [6, 6.07) is 6.92. The van der Waals surface area contributed by atoms with E-state index in [0.717, 1.165) is 42.5 Å². The molecule has 29 heavy (non-hydrogen) atoms. The van der Waals surface area contributed by atoms with Crippen LogP contribution in [0.15, 0.2) is 29.1 Å². The van der Waals surface area contributed by atoms with Crippen molar-refractivity contribution in [2.24, 2.45) is 0 Å². The van der Waals surface area contributed by atoms with Crippen LogP contribution in [-0.2, 0) is 30.6 Å². The lowest BCUT2D eigenvalue weighted by Gasteiger charge is -2.16. The standard InChI is InChI=1S/C22H29N3O4/c1-15(14-25-22(27)13-17-7-5-4-6-8-18(17)24-25)23-21(26)12-16-9-10-19(28-2)20(11-16)29-3/h9-11,13,15H,4-8,12,14H2,1-3H3,(H,23,26)/t15-/m0/s1. The number of benzene rings is 1. The van der Waals surface area contributed by atoms with Crippen LogP contribution >= 0.6 is 0 Å². The summed E-state index contributed by atoms with van der Waals surface area (Å²) in [6.07, 6.45) is 5.45. The average Bonchev–Trinajstić information content (AvgIpc) is 2.92. The van der Waals surface area contributed by atoms with Gasteiger partial charge in [0.05, 0.1) is 32.9 Å². The predicted molar refractivity (Wildman–Crippen MR) is 111 cm³/mol. The molecule has 1 aromatic carbocycles. The molecule has 7 nitrogen and oxygen atoms in total. The summed E-state index contributed by atoms with van der Waals surface area (Å²) in [6.45, 7) is 2.23. The molecule has 0 unspecified atom stereocenters.